The Labute approximate surface area is 150 Å². The molecule has 1 aromatic carbocycles. The van der Waals surface area contributed by atoms with Gasteiger partial charge in [0.2, 0.25) is 10.0 Å². The molecule has 0 bridgehead atoms. The number of hydrogen-bond donors (Lipinski definition) is 0. The van der Waals surface area contributed by atoms with E-state index in [0.29, 0.717) is 37.5 Å². The minimum atomic E-state index is -3.45. The van der Waals surface area contributed by atoms with E-state index in [1.165, 1.54) is 0 Å². The number of sulfonamides is 1. The van der Waals surface area contributed by atoms with Crippen LogP contribution in [0.15, 0.2) is 23.1 Å². The van der Waals surface area contributed by atoms with Crippen molar-refractivity contribution in [3.8, 4) is 5.75 Å². The summed E-state index contributed by atoms with van der Waals surface area (Å²) in [5, 5.41) is 0. The molecule has 1 amide bonds. The molecule has 7 heteroatoms. The molecule has 0 radical (unpaired) electrons. The number of hydrogen-bond acceptors (Lipinski definition) is 4. The van der Waals surface area contributed by atoms with Crippen molar-refractivity contribution in [1.29, 1.82) is 0 Å². The number of carbonyl (C=O) groups excluding carboxylic acids is 1. The van der Waals surface area contributed by atoms with E-state index in [4.69, 9.17) is 4.74 Å². The first-order valence-corrected chi connectivity index (χ1v) is 10.4. The molecule has 1 aliphatic rings. The standard InChI is InChI=1S/C18H28N2O4S/c1-4-19(5-2)18(21)14-24-17-10-9-16(13-15(17)3)25(22,23)20-11-7-6-8-12-20/h9-10,13H,4-8,11-12,14H2,1-3H3. The Kier molecular flexibility index (Phi) is 6.84. The Bertz CT molecular complexity index is 693. The maximum atomic E-state index is 12.7. The number of aryl methyl sites for hydroxylation is 1. The zero-order valence-electron chi connectivity index (χ0n) is 15.3. The van der Waals surface area contributed by atoms with Crippen molar-refractivity contribution in [2.45, 2.75) is 44.9 Å². The van der Waals surface area contributed by atoms with Gasteiger partial charge in [-0.05, 0) is 57.4 Å². The third kappa shape index (κ3) is 4.73. The molecule has 2 rings (SSSR count). The molecule has 0 atom stereocenters. The molecule has 140 valence electrons. The number of piperidine rings is 1. The first-order valence-electron chi connectivity index (χ1n) is 8.91. The van der Waals surface area contributed by atoms with Crippen LogP contribution in [0.4, 0.5) is 0 Å². The third-order valence-electron chi connectivity index (χ3n) is 4.57. The first kappa shape index (κ1) is 19.7. The van der Waals surface area contributed by atoms with Crippen LogP contribution < -0.4 is 4.74 Å². The number of nitrogens with zero attached hydrogens (tertiary/aromatic N) is 2. The molecule has 1 heterocycles. The van der Waals surface area contributed by atoms with Gasteiger partial charge in [0.15, 0.2) is 6.61 Å². The number of benzene rings is 1. The topological polar surface area (TPSA) is 66.9 Å². The van der Waals surface area contributed by atoms with Crippen LogP contribution in [0.1, 0.15) is 38.7 Å². The average Bonchev–Trinajstić information content (AvgIpc) is 2.62. The smallest absolute Gasteiger partial charge is 0.260 e. The van der Waals surface area contributed by atoms with Gasteiger partial charge in [0, 0.05) is 26.2 Å². The molecule has 0 unspecified atom stereocenters. The van der Waals surface area contributed by atoms with Crippen LogP contribution >= 0.6 is 0 Å². The first-order chi connectivity index (χ1) is 11.9. The summed E-state index contributed by atoms with van der Waals surface area (Å²) >= 11 is 0. The molecule has 0 aliphatic carbocycles. The summed E-state index contributed by atoms with van der Waals surface area (Å²) in [6.45, 7) is 8.05. The van der Waals surface area contributed by atoms with E-state index in [1.807, 2.05) is 13.8 Å². The van der Waals surface area contributed by atoms with E-state index in [2.05, 4.69) is 0 Å². The molecule has 1 fully saturated rings. The maximum absolute atomic E-state index is 12.7. The molecule has 25 heavy (non-hydrogen) atoms. The normalized spacial score (nSPS) is 15.8. The van der Waals surface area contributed by atoms with Crippen LogP contribution in [-0.2, 0) is 14.8 Å². The van der Waals surface area contributed by atoms with Gasteiger partial charge in [-0.25, -0.2) is 8.42 Å². The highest BCUT2D eigenvalue weighted by atomic mass is 32.2. The van der Waals surface area contributed by atoms with Gasteiger partial charge >= 0.3 is 0 Å². The Balaban J connectivity index is 2.08. The molecular weight excluding hydrogens is 340 g/mol. The maximum Gasteiger partial charge on any atom is 0.260 e. The van der Waals surface area contributed by atoms with E-state index in [1.54, 1.807) is 34.3 Å². The quantitative estimate of drug-likeness (QED) is 0.741. The molecule has 0 aromatic heterocycles. The number of likely N-dealkylation sites (N-methyl/N-ethyl adjacent to an activating group) is 1. The highest BCUT2D eigenvalue weighted by Crippen LogP contribution is 2.25. The van der Waals surface area contributed by atoms with Crippen LogP contribution in [0.5, 0.6) is 5.75 Å². The molecule has 1 saturated heterocycles. The van der Waals surface area contributed by atoms with Crippen LogP contribution in [-0.4, -0.2) is 56.3 Å². The Morgan fingerprint density at radius 2 is 1.80 bits per heavy atom. The van der Waals surface area contributed by atoms with E-state index in [0.717, 1.165) is 19.3 Å². The second-order valence-corrected chi connectivity index (χ2v) is 8.18. The van der Waals surface area contributed by atoms with Crippen LogP contribution in [0.3, 0.4) is 0 Å². The van der Waals surface area contributed by atoms with Crippen LogP contribution in [0.2, 0.25) is 0 Å². The largest absolute Gasteiger partial charge is 0.483 e. The summed E-state index contributed by atoms with van der Waals surface area (Å²) < 4.78 is 32.6. The average molecular weight is 368 g/mol. The van der Waals surface area contributed by atoms with Crippen molar-refractivity contribution >= 4 is 15.9 Å². The second-order valence-electron chi connectivity index (χ2n) is 6.25. The summed E-state index contributed by atoms with van der Waals surface area (Å²) in [6.07, 6.45) is 2.90. The molecule has 0 spiro atoms. The fourth-order valence-electron chi connectivity index (χ4n) is 3.01. The van der Waals surface area contributed by atoms with Gasteiger partial charge in [0.25, 0.3) is 5.91 Å². The van der Waals surface area contributed by atoms with E-state index in [-0.39, 0.29) is 17.4 Å². The van der Waals surface area contributed by atoms with Crippen molar-refractivity contribution in [2.24, 2.45) is 0 Å². The monoisotopic (exact) mass is 368 g/mol. The van der Waals surface area contributed by atoms with Crippen LogP contribution in [0.25, 0.3) is 0 Å². The zero-order valence-corrected chi connectivity index (χ0v) is 16.1. The van der Waals surface area contributed by atoms with E-state index in [9.17, 15) is 13.2 Å². The van der Waals surface area contributed by atoms with Crippen molar-refractivity contribution in [3.05, 3.63) is 23.8 Å². The second kappa shape index (κ2) is 8.67. The molecule has 6 nitrogen and oxygen atoms in total. The summed E-state index contributed by atoms with van der Waals surface area (Å²) in [7, 11) is -3.45. The lowest BCUT2D eigenvalue weighted by molar-refractivity contribution is -0.132. The molecular formula is C18H28N2O4S. The fourth-order valence-corrected chi connectivity index (χ4v) is 4.61. The highest BCUT2D eigenvalue weighted by molar-refractivity contribution is 7.89. The van der Waals surface area contributed by atoms with E-state index >= 15 is 0 Å². The minimum absolute atomic E-state index is 0.0409. The van der Waals surface area contributed by atoms with Gasteiger partial charge in [0.05, 0.1) is 4.90 Å². The number of rotatable bonds is 7. The van der Waals surface area contributed by atoms with Crippen LogP contribution in [0, 0.1) is 6.92 Å². The molecule has 1 aliphatic heterocycles. The summed E-state index contributed by atoms with van der Waals surface area (Å²) in [5.74, 6) is 0.465. The van der Waals surface area contributed by atoms with Gasteiger partial charge in [-0.3, -0.25) is 4.79 Å². The van der Waals surface area contributed by atoms with Crippen molar-refractivity contribution < 1.29 is 17.9 Å². The SMILES string of the molecule is CCN(CC)C(=O)COc1ccc(S(=O)(=O)N2CCCCC2)cc1C. The molecule has 0 saturated carbocycles. The highest BCUT2D eigenvalue weighted by Gasteiger charge is 2.26. The van der Waals surface area contributed by atoms with Gasteiger partial charge < -0.3 is 9.64 Å². The fraction of sp³-hybridized carbons (Fsp3) is 0.611. The lowest BCUT2D eigenvalue weighted by Gasteiger charge is -2.26. The predicted octanol–water partition coefficient (Wildman–Crippen LogP) is 2.42. The number of ether oxygens (including phenoxy) is 1. The Hall–Kier alpha value is -1.60. The van der Waals surface area contributed by atoms with Crippen molar-refractivity contribution in [3.63, 3.8) is 0 Å². The van der Waals surface area contributed by atoms with Gasteiger partial charge in [0.1, 0.15) is 5.75 Å². The minimum Gasteiger partial charge on any atom is -0.483 e. The van der Waals surface area contributed by atoms with Gasteiger partial charge in [-0.15, -0.1) is 0 Å². The lowest BCUT2D eigenvalue weighted by atomic mass is 10.2. The predicted molar refractivity (Wildman–Crippen MR) is 97.2 cm³/mol. The Morgan fingerprint density at radius 3 is 2.36 bits per heavy atom. The molecule has 1 aromatic rings. The lowest BCUT2D eigenvalue weighted by Crippen LogP contribution is -2.35. The summed E-state index contributed by atoms with van der Waals surface area (Å²) in [5.41, 5.74) is 0.713. The van der Waals surface area contributed by atoms with Gasteiger partial charge in [-0.1, -0.05) is 6.42 Å². The third-order valence-corrected chi connectivity index (χ3v) is 6.46. The number of amides is 1. The molecule has 0 N–H and O–H groups in total. The van der Waals surface area contributed by atoms with E-state index < -0.39 is 10.0 Å². The van der Waals surface area contributed by atoms with Crippen molar-refractivity contribution in [2.75, 3.05) is 32.8 Å². The van der Waals surface area contributed by atoms with Crippen molar-refractivity contribution in [1.82, 2.24) is 9.21 Å². The van der Waals surface area contributed by atoms with Gasteiger partial charge in [-0.2, -0.15) is 4.31 Å². The zero-order chi connectivity index (χ0) is 18.4. The Morgan fingerprint density at radius 1 is 1.16 bits per heavy atom. The summed E-state index contributed by atoms with van der Waals surface area (Å²) in [6, 6.07) is 4.83. The number of carbonyl (C=O) groups is 1. The summed E-state index contributed by atoms with van der Waals surface area (Å²) in [4.78, 5) is 14.0.